The van der Waals surface area contributed by atoms with Gasteiger partial charge in [0.15, 0.2) is 0 Å². The summed E-state index contributed by atoms with van der Waals surface area (Å²) >= 11 is 0. The van der Waals surface area contributed by atoms with E-state index in [0.717, 1.165) is 0 Å². The van der Waals surface area contributed by atoms with Crippen LogP contribution >= 0.6 is 0 Å². The van der Waals surface area contributed by atoms with Crippen molar-refractivity contribution in [2.75, 3.05) is 10.6 Å². The van der Waals surface area contributed by atoms with Crippen molar-refractivity contribution in [2.24, 2.45) is 0 Å². The second-order valence-corrected chi connectivity index (χ2v) is 4.28. The summed E-state index contributed by atoms with van der Waals surface area (Å²) in [5, 5.41) is 14.6. The van der Waals surface area contributed by atoms with Crippen molar-refractivity contribution < 1.29 is 14.7 Å². The molecule has 3 N–H and O–H groups in total. The smallest absolute Gasteiger partial charge is 0.255 e. The summed E-state index contributed by atoms with van der Waals surface area (Å²) in [4.78, 5) is 22.4. The number of amides is 2. The molecule has 0 spiro atoms. The SMILES string of the molecule is CC(=O)Nc1cccc(NC(=O)C(C)(C)O)c1. The molecule has 0 aliphatic rings. The average Bonchev–Trinajstić information content (AvgIpc) is 2.15. The summed E-state index contributed by atoms with van der Waals surface area (Å²) in [5.41, 5.74) is -0.335. The number of benzene rings is 1. The third kappa shape index (κ3) is 4.24. The number of carbonyl (C=O) groups excluding carboxylic acids is 2. The van der Waals surface area contributed by atoms with Crippen LogP contribution in [0.5, 0.6) is 0 Å². The van der Waals surface area contributed by atoms with Gasteiger partial charge in [-0.3, -0.25) is 9.59 Å². The van der Waals surface area contributed by atoms with Gasteiger partial charge in [-0.2, -0.15) is 0 Å². The van der Waals surface area contributed by atoms with Crippen molar-refractivity contribution in [2.45, 2.75) is 26.4 Å². The lowest BCUT2D eigenvalue weighted by atomic mass is 10.1. The second kappa shape index (κ2) is 4.97. The van der Waals surface area contributed by atoms with Gasteiger partial charge in [-0.1, -0.05) is 6.07 Å². The number of carbonyl (C=O) groups is 2. The lowest BCUT2D eigenvalue weighted by molar-refractivity contribution is -0.130. The average molecular weight is 236 g/mol. The van der Waals surface area contributed by atoms with E-state index in [4.69, 9.17) is 0 Å². The Hall–Kier alpha value is -1.88. The van der Waals surface area contributed by atoms with Crippen LogP contribution in [0.2, 0.25) is 0 Å². The number of hydrogen-bond acceptors (Lipinski definition) is 3. The number of nitrogens with one attached hydrogen (secondary N) is 2. The molecule has 0 bridgehead atoms. The fraction of sp³-hybridized carbons (Fsp3) is 0.333. The Morgan fingerprint density at radius 3 is 2.18 bits per heavy atom. The Labute approximate surface area is 99.8 Å². The van der Waals surface area contributed by atoms with Gasteiger partial charge >= 0.3 is 0 Å². The molecule has 0 heterocycles. The number of hydrogen-bond donors (Lipinski definition) is 3. The van der Waals surface area contributed by atoms with Crippen molar-refractivity contribution in [1.82, 2.24) is 0 Å². The Morgan fingerprint density at radius 2 is 1.71 bits per heavy atom. The van der Waals surface area contributed by atoms with Gasteiger partial charge in [0.2, 0.25) is 5.91 Å². The van der Waals surface area contributed by atoms with Crippen LogP contribution in [0, 0.1) is 0 Å². The molecule has 0 saturated carbocycles. The molecule has 0 atom stereocenters. The fourth-order valence-electron chi connectivity index (χ4n) is 1.16. The monoisotopic (exact) mass is 236 g/mol. The zero-order valence-corrected chi connectivity index (χ0v) is 10.1. The minimum atomic E-state index is -1.44. The van der Waals surface area contributed by atoms with E-state index in [1.165, 1.54) is 20.8 Å². The van der Waals surface area contributed by atoms with Crippen molar-refractivity contribution in [1.29, 1.82) is 0 Å². The van der Waals surface area contributed by atoms with E-state index in [1.54, 1.807) is 24.3 Å². The van der Waals surface area contributed by atoms with Gasteiger partial charge in [0.25, 0.3) is 5.91 Å². The molecule has 5 nitrogen and oxygen atoms in total. The highest BCUT2D eigenvalue weighted by molar-refractivity contribution is 5.97. The molecule has 0 aliphatic carbocycles. The van der Waals surface area contributed by atoms with E-state index in [0.29, 0.717) is 11.4 Å². The van der Waals surface area contributed by atoms with Crippen LogP contribution in [0.4, 0.5) is 11.4 Å². The molecule has 2 amide bonds. The normalized spacial score (nSPS) is 10.8. The van der Waals surface area contributed by atoms with Gasteiger partial charge in [0.05, 0.1) is 0 Å². The van der Waals surface area contributed by atoms with E-state index in [1.807, 2.05) is 0 Å². The highest BCUT2D eigenvalue weighted by Crippen LogP contribution is 2.16. The minimum absolute atomic E-state index is 0.184. The van der Waals surface area contributed by atoms with Crippen LogP contribution < -0.4 is 10.6 Å². The molecule has 92 valence electrons. The van der Waals surface area contributed by atoms with Crippen LogP contribution in [0.15, 0.2) is 24.3 Å². The molecule has 0 saturated heterocycles. The Balaban J connectivity index is 2.79. The summed E-state index contributed by atoms with van der Waals surface area (Å²) in [6.07, 6.45) is 0. The number of anilines is 2. The second-order valence-electron chi connectivity index (χ2n) is 4.28. The molecule has 1 aromatic carbocycles. The largest absolute Gasteiger partial charge is 0.381 e. The molecule has 0 aromatic heterocycles. The predicted molar refractivity (Wildman–Crippen MR) is 65.7 cm³/mol. The maximum Gasteiger partial charge on any atom is 0.255 e. The van der Waals surface area contributed by atoms with E-state index < -0.39 is 11.5 Å². The van der Waals surface area contributed by atoms with Crippen molar-refractivity contribution >= 4 is 23.2 Å². The van der Waals surface area contributed by atoms with Crippen LogP contribution in [0.3, 0.4) is 0 Å². The van der Waals surface area contributed by atoms with Crippen LogP contribution in [0.1, 0.15) is 20.8 Å². The fourth-order valence-corrected chi connectivity index (χ4v) is 1.16. The first-order valence-electron chi connectivity index (χ1n) is 5.20. The Bertz CT molecular complexity index is 436. The van der Waals surface area contributed by atoms with Crippen LogP contribution in [0.25, 0.3) is 0 Å². The van der Waals surface area contributed by atoms with E-state index in [2.05, 4.69) is 10.6 Å². The summed E-state index contributed by atoms with van der Waals surface area (Å²) in [5.74, 6) is -0.687. The maximum atomic E-state index is 11.5. The van der Waals surface area contributed by atoms with Gasteiger partial charge < -0.3 is 15.7 Å². The molecule has 1 rings (SSSR count). The Kier molecular flexibility index (Phi) is 3.85. The number of aliphatic hydroxyl groups is 1. The van der Waals surface area contributed by atoms with Crippen LogP contribution in [-0.2, 0) is 9.59 Å². The predicted octanol–water partition coefficient (Wildman–Crippen LogP) is 1.35. The molecular weight excluding hydrogens is 220 g/mol. The molecule has 0 fully saturated rings. The number of rotatable bonds is 3. The minimum Gasteiger partial charge on any atom is -0.381 e. The first-order valence-corrected chi connectivity index (χ1v) is 5.20. The van der Waals surface area contributed by atoms with E-state index >= 15 is 0 Å². The van der Waals surface area contributed by atoms with Crippen molar-refractivity contribution in [3.05, 3.63) is 24.3 Å². The summed E-state index contributed by atoms with van der Waals surface area (Å²) in [6, 6.07) is 6.70. The van der Waals surface area contributed by atoms with E-state index in [-0.39, 0.29) is 5.91 Å². The molecule has 0 aliphatic heterocycles. The Morgan fingerprint density at radius 1 is 1.18 bits per heavy atom. The zero-order chi connectivity index (χ0) is 13.1. The summed E-state index contributed by atoms with van der Waals surface area (Å²) in [6.45, 7) is 4.21. The van der Waals surface area contributed by atoms with Gasteiger partial charge in [0.1, 0.15) is 5.60 Å². The highest BCUT2D eigenvalue weighted by atomic mass is 16.3. The highest BCUT2D eigenvalue weighted by Gasteiger charge is 2.23. The summed E-state index contributed by atoms with van der Waals surface area (Å²) < 4.78 is 0. The summed E-state index contributed by atoms with van der Waals surface area (Å²) in [7, 11) is 0. The third-order valence-corrected chi connectivity index (χ3v) is 2.00. The van der Waals surface area contributed by atoms with E-state index in [9.17, 15) is 14.7 Å². The molecule has 17 heavy (non-hydrogen) atoms. The van der Waals surface area contributed by atoms with Gasteiger partial charge in [-0.15, -0.1) is 0 Å². The van der Waals surface area contributed by atoms with Gasteiger partial charge in [-0.05, 0) is 32.0 Å². The van der Waals surface area contributed by atoms with Gasteiger partial charge in [0, 0.05) is 18.3 Å². The lowest BCUT2D eigenvalue weighted by Gasteiger charge is -2.16. The van der Waals surface area contributed by atoms with Crippen molar-refractivity contribution in [3.63, 3.8) is 0 Å². The standard InChI is InChI=1S/C12H16N2O3/c1-8(15)13-9-5-4-6-10(7-9)14-11(16)12(2,3)17/h4-7,17H,1-3H3,(H,13,15)(H,14,16). The first kappa shape index (κ1) is 13.2. The molecular formula is C12H16N2O3. The molecule has 0 unspecified atom stereocenters. The third-order valence-electron chi connectivity index (χ3n) is 2.00. The zero-order valence-electron chi connectivity index (χ0n) is 10.1. The molecule has 1 aromatic rings. The first-order chi connectivity index (χ1) is 7.79. The molecule has 0 radical (unpaired) electrons. The quantitative estimate of drug-likeness (QED) is 0.741. The van der Waals surface area contributed by atoms with Crippen molar-refractivity contribution in [3.8, 4) is 0 Å². The lowest BCUT2D eigenvalue weighted by Crippen LogP contribution is -2.36. The van der Waals surface area contributed by atoms with Crippen LogP contribution in [-0.4, -0.2) is 22.5 Å². The maximum absolute atomic E-state index is 11.5. The molecule has 5 heteroatoms. The topological polar surface area (TPSA) is 78.4 Å². The van der Waals surface area contributed by atoms with Gasteiger partial charge in [-0.25, -0.2) is 0 Å².